The molecule has 0 aliphatic carbocycles. The molecule has 0 saturated heterocycles. The van der Waals surface area contributed by atoms with Crippen LogP contribution in [0.15, 0.2) is 18.5 Å². The van der Waals surface area contributed by atoms with E-state index in [1.54, 1.807) is 24.5 Å². The van der Waals surface area contributed by atoms with Crippen LogP contribution < -0.4 is 0 Å². The maximum absolute atomic E-state index is 11.1. The number of nitrogens with zero attached hydrogens (tertiary/aromatic N) is 1. The van der Waals surface area contributed by atoms with Crippen molar-refractivity contribution in [2.45, 2.75) is 13.8 Å². The molecular formula is C9H14N2O. The number of aromatic nitrogens is 2. The summed E-state index contributed by atoms with van der Waals surface area (Å²) in [5.41, 5.74) is 0. The van der Waals surface area contributed by atoms with Crippen LogP contribution in [0, 0.1) is 5.92 Å². The summed E-state index contributed by atoms with van der Waals surface area (Å²) in [4.78, 5) is 17.9. The third-order valence-electron chi connectivity index (χ3n) is 1.49. The zero-order valence-electron chi connectivity index (χ0n) is 7.24. The van der Waals surface area contributed by atoms with Crippen LogP contribution in [0.25, 0.3) is 6.08 Å². The van der Waals surface area contributed by atoms with Gasteiger partial charge in [-0.3, -0.25) is 4.79 Å². The predicted molar refractivity (Wildman–Crippen MR) is 49.6 cm³/mol. The van der Waals surface area contributed by atoms with Crippen molar-refractivity contribution < 1.29 is 6.22 Å². The number of ketones is 1. The monoisotopic (exact) mass is 166 g/mol. The number of allylic oxidation sites excluding steroid dienone is 1. The lowest BCUT2D eigenvalue weighted by atomic mass is 10.1. The van der Waals surface area contributed by atoms with Gasteiger partial charge in [0.25, 0.3) is 0 Å². The van der Waals surface area contributed by atoms with E-state index >= 15 is 0 Å². The fourth-order valence-electron chi connectivity index (χ4n) is 0.722. The number of carbonyl (C=O) groups is 1. The highest BCUT2D eigenvalue weighted by Gasteiger charge is 2.01. The summed E-state index contributed by atoms with van der Waals surface area (Å²) in [6.07, 6.45) is 6.60. The fraction of sp³-hybridized carbons (Fsp3) is 0.333. The van der Waals surface area contributed by atoms with E-state index in [1.807, 2.05) is 13.8 Å². The SMILES string of the molecule is CC(C)C(=O)/C=C/c1ncc[nH]1.[HH]. The number of imidazole rings is 1. The van der Waals surface area contributed by atoms with Gasteiger partial charge in [-0.25, -0.2) is 4.98 Å². The summed E-state index contributed by atoms with van der Waals surface area (Å²) in [6, 6.07) is 0. The van der Waals surface area contributed by atoms with E-state index in [1.165, 1.54) is 0 Å². The summed E-state index contributed by atoms with van der Waals surface area (Å²) >= 11 is 0. The van der Waals surface area contributed by atoms with E-state index in [2.05, 4.69) is 9.97 Å². The van der Waals surface area contributed by atoms with E-state index in [-0.39, 0.29) is 13.1 Å². The molecular weight excluding hydrogens is 152 g/mol. The maximum atomic E-state index is 11.1. The number of hydrogen-bond acceptors (Lipinski definition) is 2. The number of carbonyl (C=O) groups excluding carboxylic acids is 1. The minimum atomic E-state index is 0. The minimum Gasteiger partial charge on any atom is -0.345 e. The lowest BCUT2D eigenvalue weighted by Gasteiger charge is -1.94. The van der Waals surface area contributed by atoms with Gasteiger partial charge in [-0.1, -0.05) is 13.8 Å². The van der Waals surface area contributed by atoms with Crippen LogP contribution in [-0.2, 0) is 4.79 Å². The Labute approximate surface area is 73.0 Å². The molecule has 1 N–H and O–H groups in total. The number of hydrogen-bond donors (Lipinski definition) is 1. The molecule has 3 nitrogen and oxygen atoms in total. The Kier molecular flexibility index (Phi) is 2.80. The van der Waals surface area contributed by atoms with Gasteiger partial charge in [-0.2, -0.15) is 0 Å². The molecule has 0 radical (unpaired) electrons. The summed E-state index contributed by atoms with van der Waals surface area (Å²) < 4.78 is 0. The summed E-state index contributed by atoms with van der Waals surface area (Å²) in [5.74, 6) is 0.881. The number of H-pyrrole nitrogens is 1. The first-order chi connectivity index (χ1) is 5.70. The smallest absolute Gasteiger partial charge is 0.158 e. The average Bonchev–Trinajstić information content (AvgIpc) is 2.51. The third-order valence-corrected chi connectivity index (χ3v) is 1.49. The van der Waals surface area contributed by atoms with Gasteiger partial charge in [-0.05, 0) is 12.2 Å². The van der Waals surface area contributed by atoms with Gasteiger partial charge < -0.3 is 4.98 Å². The molecule has 12 heavy (non-hydrogen) atoms. The topological polar surface area (TPSA) is 45.8 Å². The highest BCUT2D eigenvalue weighted by Crippen LogP contribution is 1.98. The molecule has 0 aromatic carbocycles. The molecule has 0 bridgehead atoms. The molecule has 66 valence electrons. The molecule has 1 rings (SSSR count). The van der Waals surface area contributed by atoms with Gasteiger partial charge in [0, 0.05) is 19.7 Å². The molecule has 3 heteroatoms. The molecule has 0 amide bonds. The Morgan fingerprint density at radius 3 is 3.00 bits per heavy atom. The normalized spacial score (nSPS) is 11.2. The van der Waals surface area contributed by atoms with E-state index in [9.17, 15) is 4.79 Å². The van der Waals surface area contributed by atoms with Gasteiger partial charge in [0.05, 0.1) is 0 Å². The third kappa shape index (κ3) is 2.34. The molecule has 0 saturated carbocycles. The second-order valence-electron chi connectivity index (χ2n) is 2.86. The van der Waals surface area contributed by atoms with Crippen molar-refractivity contribution in [3.63, 3.8) is 0 Å². The van der Waals surface area contributed by atoms with Crippen LogP contribution in [-0.4, -0.2) is 15.8 Å². The second-order valence-corrected chi connectivity index (χ2v) is 2.86. The van der Waals surface area contributed by atoms with Gasteiger partial charge in [0.1, 0.15) is 5.82 Å². The largest absolute Gasteiger partial charge is 0.345 e. The molecule has 0 atom stereocenters. The molecule has 0 fully saturated rings. The van der Waals surface area contributed by atoms with Crippen LogP contribution in [0.5, 0.6) is 0 Å². The first kappa shape index (κ1) is 8.71. The first-order valence-corrected chi connectivity index (χ1v) is 3.91. The summed E-state index contributed by atoms with van der Waals surface area (Å²) in [6.45, 7) is 3.74. The summed E-state index contributed by atoms with van der Waals surface area (Å²) in [7, 11) is 0. The maximum Gasteiger partial charge on any atom is 0.158 e. The highest BCUT2D eigenvalue weighted by molar-refractivity contribution is 5.94. The van der Waals surface area contributed by atoms with E-state index in [0.29, 0.717) is 5.82 Å². The first-order valence-electron chi connectivity index (χ1n) is 3.91. The van der Waals surface area contributed by atoms with Gasteiger partial charge in [0.2, 0.25) is 0 Å². The predicted octanol–water partition coefficient (Wildman–Crippen LogP) is 1.89. The van der Waals surface area contributed by atoms with Crippen molar-refractivity contribution in [1.29, 1.82) is 0 Å². The lowest BCUT2D eigenvalue weighted by molar-refractivity contribution is -0.117. The Balaban J connectivity index is 0.00000144. The van der Waals surface area contributed by atoms with Crippen LogP contribution in [0.2, 0.25) is 0 Å². The quantitative estimate of drug-likeness (QED) is 0.697. The number of aromatic amines is 1. The van der Waals surface area contributed by atoms with E-state index in [4.69, 9.17) is 0 Å². The number of rotatable bonds is 3. The minimum absolute atomic E-state index is 0. The zero-order chi connectivity index (χ0) is 8.97. The standard InChI is InChI=1S/C9H12N2O.H2/c1-7(2)8(12)3-4-9-10-5-6-11-9;/h3-7H,1-2H3,(H,10,11);1H/b4-3+;. The van der Waals surface area contributed by atoms with Crippen molar-refractivity contribution in [3.8, 4) is 0 Å². The summed E-state index contributed by atoms with van der Waals surface area (Å²) in [5, 5.41) is 0. The highest BCUT2D eigenvalue weighted by atomic mass is 16.1. The Morgan fingerprint density at radius 2 is 2.50 bits per heavy atom. The lowest BCUT2D eigenvalue weighted by Crippen LogP contribution is -2.01. The van der Waals surface area contributed by atoms with Crippen LogP contribution >= 0.6 is 0 Å². The van der Waals surface area contributed by atoms with Crippen LogP contribution in [0.3, 0.4) is 0 Å². The zero-order valence-corrected chi connectivity index (χ0v) is 7.24. The fourth-order valence-corrected chi connectivity index (χ4v) is 0.722. The average molecular weight is 166 g/mol. The van der Waals surface area contributed by atoms with Crippen molar-refractivity contribution in [2.24, 2.45) is 5.92 Å². The van der Waals surface area contributed by atoms with Gasteiger partial charge in [-0.15, -0.1) is 0 Å². The molecule has 1 aromatic heterocycles. The van der Waals surface area contributed by atoms with Crippen molar-refractivity contribution in [1.82, 2.24) is 9.97 Å². The number of nitrogens with one attached hydrogen (secondary N) is 1. The van der Waals surface area contributed by atoms with E-state index in [0.717, 1.165) is 0 Å². The van der Waals surface area contributed by atoms with Crippen molar-refractivity contribution in [2.75, 3.05) is 0 Å². The van der Waals surface area contributed by atoms with E-state index < -0.39 is 0 Å². The molecule has 1 aromatic rings. The second kappa shape index (κ2) is 3.85. The molecule has 0 aliphatic rings. The molecule has 0 unspecified atom stereocenters. The van der Waals surface area contributed by atoms with Crippen molar-refractivity contribution >= 4 is 11.9 Å². The van der Waals surface area contributed by atoms with Crippen LogP contribution in [0.4, 0.5) is 0 Å². The molecule has 0 spiro atoms. The molecule has 0 aliphatic heterocycles. The van der Waals surface area contributed by atoms with Gasteiger partial charge in [0.15, 0.2) is 5.78 Å². The van der Waals surface area contributed by atoms with Crippen LogP contribution in [0.1, 0.15) is 21.1 Å². The Bertz CT molecular complexity index is 278. The Morgan fingerprint density at radius 1 is 1.75 bits per heavy atom. The van der Waals surface area contributed by atoms with Gasteiger partial charge >= 0.3 is 0 Å². The molecule has 1 heterocycles. The Hall–Kier alpha value is -1.38. The van der Waals surface area contributed by atoms with Crippen molar-refractivity contribution in [3.05, 3.63) is 24.3 Å².